The lowest BCUT2D eigenvalue weighted by Gasteiger charge is -2.32. The van der Waals surface area contributed by atoms with E-state index >= 15 is 0 Å². The van der Waals surface area contributed by atoms with Crippen molar-refractivity contribution in [3.05, 3.63) is 145 Å². The molecule has 4 aromatic rings. The van der Waals surface area contributed by atoms with Crippen molar-refractivity contribution in [1.29, 1.82) is 0 Å². The number of hydrazine groups is 1. The van der Waals surface area contributed by atoms with Crippen molar-refractivity contribution in [2.45, 2.75) is 44.1 Å². The highest BCUT2D eigenvalue weighted by atomic mass is 16.5. The van der Waals surface area contributed by atoms with Gasteiger partial charge in [-0.15, -0.1) is 0 Å². The van der Waals surface area contributed by atoms with Crippen LogP contribution >= 0.6 is 0 Å². The number of methoxy groups -OCH3 is 2. The summed E-state index contributed by atoms with van der Waals surface area (Å²) in [5.41, 5.74) is 26.7. The molecule has 0 aliphatic carbocycles. The number of aliphatic imine (C=N–C) groups is 1. The van der Waals surface area contributed by atoms with Crippen molar-refractivity contribution in [2.75, 3.05) is 27.4 Å². The number of hydrogen-bond acceptors (Lipinski definition) is 10. The van der Waals surface area contributed by atoms with Gasteiger partial charge in [0.2, 0.25) is 5.90 Å². The molecule has 0 aromatic heterocycles. The fourth-order valence-corrected chi connectivity index (χ4v) is 5.89. The molecule has 52 heavy (non-hydrogen) atoms. The number of ether oxygens (including phenoxy) is 4. The summed E-state index contributed by atoms with van der Waals surface area (Å²) in [5.74, 6) is 1.50. The summed E-state index contributed by atoms with van der Waals surface area (Å²) in [6.45, 7) is 0.669. The maximum absolute atomic E-state index is 14.8. The fourth-order valence-electron chi connectivity index (χ4n) is 5.89. The van der Waals surface area contributed by atoms with E-state index in [9.17, 15) is 4.79 Å². The Kier molecular flexibility index (Phi) is 12.9. The third kappa shape index (κ3) is 8.91. The lowest BCUT2D eigenvalue weighted by molar-refractivity contribution is -0.130. The van der Waals surface area contributed by atoms with E-state index in [0.29, 0.717) is 47.0 Å². The van der Waals surface area contributed by atoms with Crippen LogP contribution in [0.4, 0.5) is 0 Å². The maximum atomic E-state index is 14.8. The molecule has 0 saturated heterocycles. The topological polar surface area (TPSA) is 208 Å². The molecule has 5 rings (SSSR count). The van der Waals surface area contributed by atoms with E-state index in [0.717, 1.165) is 16.7 Å². The second-order valence-corrected chi connectivity index (χ2v) is 11.7. The number of carbonyl (C=O) groups is 1. The SMILES string of the molecule is COc1cc(CNNC(=O)[C@@]2(Cc3ccccc3CN=[N+]=[N-])N=C(c3ccc(OCCCO)cc3)O[C@H]2c2ccccc2CN=[N+]=[N-])cc(OC)c1. The zero-order valence-corrected chi connectivity index (χ0v) is 28.8. The average Bonchev–Trinajstić information content (AvgIpc) is 3.57. The lowest BCUT2D eigenvalue weighted by Crippen LogP contribution is -2.54. The summed E-state index contributed by atoms with van der Waals surface area (Å²) in [4.78, 5) is 25.8. The van der Waals surface area contributed by atoms with E-state index in [1.807, 2.05) is 60.7 Å². The zero-order chi connectivity index (χ0) is 36.8. The van der Waals surface area contributed by atoms with Gasteiger partial charge in [0.15, 0.2) is 11.6 Å². The number of aliphatic hydroxyl groups excluding tert-OH is 1. The summed E-state index contributed by atoms with van der Waals surface area (Å²) < 4.78 is 23.2. The first-order chi connectivity index (χ1) is 25.4. The molecule has 1 aliphatic heterocycles. The molecule has 1 heterocycles. The fraction of sp³-hybridized carbons (Fsp3) is 0.297. The van der Waals surface area contributed by atoms with Crippen LogP contribution in [0.3, 0.4) is 0 Å². The molecule has 0 saturated carbocycles. The number of benzene rings is 4. The van der Waals surface area contributed by atoms with Crippen molar-refractivity contribution in [2.24, 2.45) is 15.2 Å². The van der Waals surface area contributed by atoms with Gasteiger partial charge in [-0.05, 0) is 75.3 Å². The van der Waals surface area contributed by atoms with Crippen molar-refractivity contribution in [3.63, 3.8) is 0 Å². The average molecular weight is 706 g/mol. The number of carbonyl (C=O) groups excluding carboxylic acids is 1. The van der Waals surface area contributed by atoms with Gasteiger partial charge >= 0.3 is 0 Å². The lowest BCUT2D eigenvalue weighted by atomic mass is 9.80. The molecule has 15 nitrogen and oxygen atoms in total. The van der Waals surface area contributed by atoms with Crippen LogP contribution in [-0.2, 0) is 35.6 Å². The van der Waals surface area contributed by atoms with E-state index in [1.165, 1.54) is 0 Å². The first-order valence-electron chi connectivity index (χ1n) is 16.5. The van der Waals surface area contributed by atoms with Gasteiger partial charge in [-0.25, -0.2) is 10.4 Å². The normalized spacial score (nSPS) is 16.1. The van der Waals surface area contributed by atoms with Gasteiger partial charge in [0.05, 0.1) is 33.9 Å². The Morgan fingerprint density at radius 1 is 0.885 bits per heavy atom. The third-order valence-corrected chi connectivity index (χ3v) is 8.46. The Hall–Kier alpha value is -6.24. The van der Waals surface area contributed by atoms with E-state index in [4.69, 9.17) is 40.1 Å². The summed E-state index contributed by atoms with van der Waals surface area (Å²) in [7, 11) is 3.12. The van der Waals surface area contributed by atoms with Crippen molar-refractivity contribution < 1.29 is 28.8 Å². The molecule has 4 aromatic carbocycles. The molecule has 1 amide bonds. The van der Waals surface area contributed by atoms with Crippen LogP contribution in [0.1, 0.15) is 45.9 Å². The van der Waals surface area contributed by atoms with Crippen LogP contribution < -0.4 is 25.1 Å². The van der Waals surface area contributed by atoms with Gasteiger partial charge in [0.1, 0.15) is 17.2 Å². The number of hydrogen-bond donors (Lipinski definition) is 3. The maximum Gasteiger partial charge on any atom is 0.266 e. The molecule has 0 spiro atoms. The summed E-state index contributed by atoms with van der Waals surface area (Å²) in [5, 5.41) is 16.7. The zero-order valence-electron chi connectivity index (χ0n) is 28.8. The predicted octanol–water partition coefficient (Wildman–Crippen LogP) is 6.41. The molecule has 0 bridgehead atoms. The van der Waals surface area contributed by atoms with Crippen LogP contribution in [0.25, 0.3) is 20.9 Å². The molecule has 3 N–H and O–H groups in total. The minimum Gasteiger partial charge on any atom is -0.497 e. The number of amides is 1. The monoisotopic (exact) mass is 705 g/mol. The molecular formula is C37H39N9O6. The Bertz CT molecular complexity index is 1950. The first-order valence-corrected chi connectivity index (χ1v) is 16.5. The second kappa shape index (κ2) is 18.1. The van der Waals surface area contributed by atoms with E-state index in [-0.39, 0.29) is 38.6 Å². The third-order valence-electron chi connectivity index (χ3n) is 8.46. The molecule has 2 atom stereocenters. The number of aliphatic hydroxyl groups is 1. The van der Waals surface area contributed by atoms with Gasteiger partial charge in [-0.1, -0.05) is 58.8 Å². The predicted molar refractivity (Wildman–Crippen MR) is 194 cm³/mol. The largest absolute Gasteiger partial charge is 0.497 e. The van der Waals surface area contributed by atoms with Gasteiger partial charge in [0.25, 0.3) is 5.91 Å². The van der Waals surface area contributed by atoms with E-state index in [2.05, 4.69) is 30.9 Å². The van der Waals surface area contributed by atoms with Crippen molar-refractivity contribution >= 4 is 11.8 Å². The molecule has 0 radical (unpaired) electrons. The summed E-state index contributed by atoms with van der Waals surface area (Å²) in [6, 6.07) is 27.2. The Morgan fingerprint density at radius 2 is 1.52 bits per heavy atom. The number of nitrogens with one attached hydrogen (secondary N) is 2. The van der Waals surface area contributed by atoms with E-state index in [1.54, 1.807) is 44.6 Å². The van der Waals surface area contributed by atoms with Gasteiger partial charge in [-0.2, -0.15) is 0 Å². The molecule has 268 valence electrons. The van der Waals surface area contributed by atoms with Crippen LogP contribution in [0.5, 0.6) is 17.2 Å². The van der Waals surface area contributed by atoms with Crippen molar-refractivity contribution in [3.8, 4) is 17.2 Å². The van der Waals surface area contributed by atoms with Crippen LogP contribution in [-0.4, -0.2) is 49.9 Å². The minimum atomic E-state index is -1.62. The summed E-state index contributed by atoms with van der Waals surface area (Å²) >= 11 is 0. The highest BCUT2D eigenvalue weighted by Crippen LogP contribution is 2.44. The second-order valence-electron chi connectivity index (χ2n) is 11.7. The molecule has 0 fully saturated rings. The van der Waals surface area contributed by atoms with Gasteiger partial charge in [-0.3, -0.25) is 10.2 Å². The first kappa shape index (κ1) is 37.0. The summed E-state index contributed by atoms with van der Waals surface area (Å²) in [6.07, 6.45) is -0.441. The van der Waals surface area contributed by atoms with Crippen LogP contribution in [0.2, 0.25) is 0 Å². The smallest absolute Gasteiger partial charge is 0.266 e. The molecule has 15 heteroatoms. The Morgan fingerprint density at radius 3 is 2.17 bits per heavy atom. The number of azide groups is 2. The van der Waals surface area contributed by atoms with Crippen LogP contribution in [0, 0.1) is 0 Å². The number of rotatable bonds is 18. The quantitative estimate of drug-likeness (QED) is 0.0348. The Balaban J connectivity index is 1.60. The Labute approximate surface area is 300 Å². The molecular weight excluding hydrogens is 666 g/mol. The van der Waals surface area contributed by atoms with Crippen molar-refractivity contribution in [1.82, 2.24) is 10.9 Å². The van der Waals surface area contributed by atoms with E-state index < -0.39 is 17.6 Å². The van der Waals surface area contributed by atoms with Crippen LogP contribution in [0.15, 0.2) is 106 Å². The minimum absolute atomic E-state index is 0.0167. The highest BCUT2D eigenvalue weighted by Gasteiger charge is 2.54. The molecule has 0 unspecified atom stereocenters. The molecule has 1 aliphatic rings. The number of nitrogens with zero attached hydrogens (tertiary/aromatic N) is 7. The van der Waals surface area contributed by atoms with Gasteiger partial charge in [0, 0.05) is 47.4 Å². The highest BCUT2D eigenvalue weighted by molar-refractivity contribution is 6.01. The standard InChI is InChI=1S/C37H39N9O6/c1-49-31-18-25(19-32(20-31)50-2)22-40-44-36(48)37(21-27-8-3-4-9-28(27)23-41-45-38)34(33-11-6-5-10-29(33)24-42-46-39)52-35(43-37)26-12-14-30(15-13-26)51-17-7-16-47/h3-6,8-15,18-20,34,40,47H,7,16-17,21-24H2,1-2H3,(H,44,48)/t34-,37-/m0/s1. The van der Waals surface area contributed by atoms with Gasteiger partial charge < -0.3 is 24.1 Å².